The van der Waals surface area contributed by atoms with Crippen LogP contribution >= 0.6 is 0 Å². The summed E-state index contributed by atoms with van der Waals surface area (Å²) in [5.41, 5.74) is 3.66. The number of nitrogens with zero attached hydrogens (tertiary/aromatic N) is 5. The van der Waals surface area contributed by atoms with Crippen LogP contribution in [0.2, 0.25) is 0 Å². The summed E-state index contributed by atoms with van der Waals surface area (Å²) in [5, 5.41) is 3.82. The number of methoxy groups -OCH3 is 1. The summed E-state index contributed by atoms with van der Waals surface area (Å²) in [7, 11) is 1.64. The average Bonchev–Trinajstić information content (AvgIpc) is 3.33. The molecule has 0 spiro atoms. The molecule has 1 saturated carbocycles. The van der Waals surface area contributed by atoms with Crippen LogP contribution in [0.15, 0.2) is 49.3 Å². The van der Waals surface area contributed by atoms with Gasteiger partial charge in [0, 0.05) is 37.1 Å². The summed E-state index contributed by atoms with van der Waals surface area (Å²) in [6.45, 7) is 4.50. The first-order valence-electron chi connectivity index (χ1n) is 12.8. The monoisotopic (exact) mass is 474 g/mol. The van der Waals surface area contributed by atoms with Crippen LogP contribution in [0.4, 0.5) is 5.69 Å². The van der Waals surface area contributed by atoms with Crippen molar-refractivity contribution in [3.8, 4) is 17.0 Å². The molecule has 0 amide bonds. The Morgan fingerprint density at radius 2 is 2.03 bits per heavy atom. The number of nitrogens with one attached hydrogen (secondary N) is 1. The Morgan fingerprint density at radius 3 is 2.74 bits per heavy atom. The second kappa shape index (κ2) is 9.59. The third kappa shape index (κ3) is 4.41. The van der Waals surface area contributed by atoms with Crippen LogP contribution in [0, 0.1) is 5.92 Å². The summed E-state index contributed by atoms with van der Waals surface area (Å²) in [5.74, 6) is 1.62. The summed E-state index contributed by atoms with van der Waals surface area (Å²) < 4.78 is 13.1. The van der Waals surface area contributed by atoms with E-state index >= 15 is 0 Å². The van der Waals surface area contributed by atoms with Crippen molar-refractivity contribution in [2.75, 3.05) is 44.9 Å². The molecule has 5 heterocycles. The largest absolute Gasteiger partial charge is 0.495 e. The maximum Gasteiger partial charge on any atom is 0.137 e. The highest BCUT2D eigenvalue weighted by Gasteiger charge is 2.43. The van der Waals surface area contributed by atoms with E-state index in [0.29, 0.717) is 25.0 Å². The first-order chi connectivity index (χ1) is 17.2. The van der Waals surface area contributed by atoms with Crippen LogP contribution < -0.4 is 15.0 Å². The van der Waals surface area contributed by atoms with Gasteiger partial charge >= 0.3 is 0 Å². The van der Waals surface area contributed by atoms with Crippen molar-refractivity contribution in [2.45, 2.75) is 43.7 Å². The highest BCUT2D eigenvalue weighted by Crippen LogP contribution is 2.35. The van der Waals surface area contributed by atoms with Gasteiger partial charge in [-0.25, -0.2) is 4.98 Å². The fourth-order valence-corrected chi connectivity index (χ4v) is 5.36. The molecule has 35 heavy (non-hydrogen) atoms. The highest BCUT2D eigenvalue weighted by molar-refractivity contribution is 5.59. The summed E-state index contributed by atoms with van der Waals surface area (Å²) >= 11 is 0. The number of hydrogen-bond acceptors (Lipinski definition) is 7. The molecule has 8 heteroatoms. The second-order valence-corrected chi connectivity index (χ2v) is 10.2. The Hall–Kier alpha value is -2.97. The Labute approximate surface area is 206 Å². The molecule has 2 saturated heterocycles. The van der Waals surface area contributed by atoms with E-state index in [2.05, 4.69) is 43.1 Å². The van der Waals surface area contributed by atoms with E-state index in [-0.39, 0.29) is 5.54 Å². The van der Waals surface area contributed by atoms with Crippen molar-refractivity contribution in [1.82, 2.24) is 24.8 Å². The molecule has 2 aliphatic heterocycles. The number of rotatable bonds is 8. The Kier molecular flexibility index (Phi) is 6.16. The lowest BCUT2D eigenvalue weighted by Crippen LogP contribution is -2.52. The van der Waals surface area contributed by atoms with E-state index in [0.717, 1.165) is 36.0 Å². The van der Waals surface area contributed by atoms with Crippen LogP contribution in [-0.4, -0.2) is 65.5 Å². The first-order valence-corrected chi connectivity index (χ1v) is 12.8. The molecular weight excluding hydrogens is 440 g/mol. The van der Waals surface area contributed by atoms with Gasteiger partial charge in [0.1, 0.15) is 11.3 Å². The topological polar surface area (TPSA) is 77.3 Å². The Balaban J connectivity index is 1.16. The number of ether oxygens (including phenoxy) is 2. The molecule has 3 aromatic heterocycles. The van der Waals surface area contributed by atoms with E-state index in [1.165, 1.54) is 44.3 Å². The molecule has 184 valence electrons. The minimum absolute atomic E-state index is 0.329. The lowest BCUT2D eigenvalue weighted by atomic mass is 9.85. The quantitative estimate of drug-likeness (QED) is 0.536. The zero-order chi connectivity index (χ0) is 23.7. The molecule has 1 aliphatic carbocycles. The molecule has 3 aromatic rings. The molecule has 8 nitrogen and oxygen atoms in total. The number of anilines is 1. The molecule has 1 N–H and O–H groups in total. The van der Waals surface area contributed by atoms with Gasteiger partial charge in [0.2, 0.25) is 0 Å². The van der Waals surface area contributed by atoms with Crippen LogP contribution in [0.1, 0.15) is 37.8 Å². The van der Waals surface area contributed by atoms with Crippen LogP contribution in [0.3, 0.4) is 0 Å². The van der Waals surface area contributed by atoms with Crippen molar-refractivity contribution in [3.63, 3.8) is 0 Å². The van der Waals surface area contributed by atoms with Crippen molar-refractivity contribution in [1.29, 1.82) is 0 Å². The Bertz CT molecular complexity index is 1140. The zero-order valence-electron chi connectivity index (χ0n) is 20.4. The molecule has 3 aliphatic rings. The van der Waals surface area contributed by atoms with Gasteiger partial charge in [0.05, 0.1) is 56.1 Å². The predicted octanol–water partition coefficient (Wildman–Crippen LogP) is 3.48. The van der Waals surface area contributed by atoms with Gasteiger partial charge in [-0.2, -0.15) is 0 Å². The maximum absolute atomic E-state index is 5.68. The van der Waals surface area contributed by atoms with Gasteiger partial charge in [-0.05, 0) is 56.3 Å². The molecule has 0 bridgehead atoms. The van der Waals surface area contributed by atoms with E-state index in [1.54, 1.807) is 19.5 Å². The van der Waals surface area contributed by atoms with Crippen LogP contribution in [-0.2, 0) is 10.3 Å². The number of pyridine rings is 2. The molecule has 1 atom stereocenters. The van der Waals surface area contributed by atoms with Crippen molar-refractivity contribution < 1.29 is 9.47 Å². The van der Waals surface area contributed by atoms with E-state index in [4.69, 9.17) is 14.5 Å². The van der Waals surface area contributed by atoms with Gasteiger partial charge in [0.15, 0.2) is 0 Å². The van der Waals surface area contributed by atoms with Gasteiger partial charge in [-0.3, -0.25) is 9.97 Å². The minimum atomic E-state index is -0.329. The van der Waals surface area contributed by atoms with Crippen molar-refractivity contribution in [2.24, 2.45) is 5.92 Å². The Morgan fingerprint density at radius 1 is 1.11 bits per heavy atom. The van der Waals surface area contributed by atoms with Gasteiger partial charge in [-0.1, -0.05) is 6.42 Å². The fraction of sp³-hybridized carbons (Fsp3) is 0.519. The standard InChI is InChI=1S/C27H34N6O2/c1-34-24-10-21(12-28-14-24)25-16-33(19-31-25)27(17-35-18-27)26-8-7-23(13-30-26)32-9-3-6-22(15-32)29-11-20-4-2-5-20/h7-8,10,12-14,16,19-20,22,29H,2-6,9,11,15,17-18H2,1H3/t22-/m1/s1. The number of aromatic nitrogens is 4. The van der Waals surface area contributed by atoms with Gasteiger partial charge in [-0.15, -0.1) is 0 Å². The summed E-state index contributed by atoms with van der Waals surface area (Å²) in [4.78, 5) is 16.3. The molecular formula is C27H34N6O2. The van der Waals surface area contributed by atoms with Crippen LogP contribution in [0.25, 0.3) is 11.3 Å². The number of piperidine rings is 1. The smallest absolute Gasteiger partial charge is 0.137 e. The van der Waals surface area contributed by atoms with E-state index < -0.39 is 0 Å². The molecule has 6 rings (SSSR count). The van der Waals surface area contributed by atoms with Crippen LogP contribution in [0.5, 0.6) is 5.75 Å². The minimum Gasteiger partial charge on any atom is -0.495 e. The lowest BCUT2D eigenvalue weighted by Gasteiger charge is -2.42. The van der Waals surface area contributed by atoms with Crippen molar-refractivity contribution in [3.05, 3.63) is 55.0 Å². The number of hydrogen-bond donors (Lipinski definition) is 1. The number of imidazole rings is 1. The predicted molar refractivity (Wildman–Crippen MR) is 135 cm³/mol. The van der Waals surface area contributed by atoms with Gasteiger partial charge < -0.3 is 24.3 Å². The highest BCUT2D eigenvalue weighted by atomic mass is 16.5. The van der Waals surface area contributed by atoms with E-state index in [1.807, 2.05) is 18.6 Å². The molecule has 0 radical (unpaired) electrons. The van der Waals surface area contributed by atoms with Crippen molar-refractivity contribution >= 4 is 5.69 Å². The summed E-state index contributed by atoms with van der Waals surface area (Å²) in [6.07, 6.45) is 16.2. The molecule has 0 unspecified atom stereocenters. The lowest BCUT2D eigenvalue weighted by molar-refractivity contribution is -0.0784. The SMILES string of the molecule is COc1cncc(-c2cn(C3(c4ccc(N5CCC[C@@H](NCC6CCC6)C5)cn4)COC3)cn2)c1. The normalized spacial score (nSPS) is 21.9. The second-order valence-electron chi connectivity index (χ2n) is 10.2. The summed E-state index contributed by atoms with van der Waals surface area (Å²) in [6, 6.07) is 6.91. The average molecular weight is 475 g/mol. The van der Waals surface area contributed by atoms with E-state index in [9.17, 15) is 0 Å². The maximum atomic E-state index is 5.68. The molecule has 3 fully saturated rings. The molecule has 0 aromatic carbocycles. The first kappa shape index (κ1) is 22.5. The van der Waals surface area contributed by atoms with Gasteiger partial charge in [0.25, 0.3) is 0 Å². The third-order valence-electron chi connectivity index (χ3n) is 7.93. The fourth-order valence-electron chi connectivity index (χ4n) is 5.36. The zero-order valence-corrected chi connectivity index (χ0v) is 20.4. The third-order valence-corrected chi connectivity index (χ3v) is 7.93.